The van der Waals surface area contributed by atoms with E-state index in [-0.39, 0.29) is 10.7 Å². The van der Waals surface area contributed by atoms with E-state index in [1.165, 1.54) is 48.7 Å². The molecule has 1 saturated carbocycles. The first-order valence-corrected chi connectivity index (χ1v) is 11.4. The van der Waals surface area contributed by atoms with E-state index in [0.29, 0.717) is 12.1 Å². The van der Waals surface area contributed by atoms with Gasteiger partial charge < -0.3 is 15.2 Å². The number of hydrogen-bond donors (Lipinski definition) is 2. The Morgan fingerprint density at radius 2 is 2.11 bits per heavy atom. The molecule has 150 valence electrons. The van der Waals surface area contributed by atoms with Crippen molar-refractivity contribution in [2.24, 2.45) is 0 Å². The van der Waals surface area contributed by atoms with Crippen LogP contribution >= 0.6 is 11.8 Å². The maximum absolute atomic E-state index is 12.2. The Labute approximate surface area is 170 Å². The third kappa shape index (κ3) is 4.13. The Kier molecular flexibility index (Phi) is 6.07. The summed E-state index contributed by atoms with van der Waals surface area (Å²) in [6, 6.07) is 7.29. The summed E-state index contributed by atoms with van der Waals surface area (Å²) in [5.41, 5.74) is 2.51. The summed E-state index contributed by atoms with van der Waals surface area (Å²) in [7, 11) is 0. The topological polar surface area (TPSA) is 65.2 Å². The van der Waals surface area contributed by atoms with Crippen molar-refractivity contribution >= 4 is 33.3 Å². The van der Waals surface area contributed by atoms with Crippen LogP contribution < -0.4 is 15.8 Å². The van der Waals surface area contributed by atoms with Gasteiger partial charge in [0.05, 0.1) is 0 Å². The maximum atomic E-state index is 12.2. The molecule has 2 N–H and O–H groups in total. The lowest BCUT2D eigenvalue weighted by atomic mass is 9.88. The quantitative estimate of drug-likeness (QED) is 0.729. The first kappa shape index (κ1) is 19.5. The number of aromatic amines is 1. The largest absolute Gasteiger partial charge is 0.368 e. The highest BCUT2D eigenvalue weighted by Crippen LogP contribution is 2.36. The molecule has 0 unspecified atom stereocenters. The number of anilines is 1. The Bertz CT molecular complexity index is 902. The molecule has 2 aromatic rings. The first-order chi connectivity index (χ1) is 13.6. The van der Waals surface area contributed by atoms with Gasteiger partial charge in [-0.2, -0.15) is 0 Å². The van der Waals surface area contributed by atoms with Crippen LogP contribution in [0.15, 0.2) is 29.2 Å². The number of hydrogen-bond acceptors (Lipinski definition) is 5. The predicted molar refractivity (Wildman–Crippen MR) is 117 cm³/mol. The van der Waals surface area contributed by atoms with E-state index in [9.17, 15) is 9.59 Å². The zero-order valence-electron chi connectivity index (χ0n) is 16.5. The molecule has 0 bridgehead atoms. The minimum Gasteiger partial charge on any atom is -0.368 e. The van der Waals surface area contributed by atoms with Crippen LogP contribution in [0.25, 0.3) is 10.8 Å². The first-order valence-electron chi connectivity index (χ1n) is 10.4. The average Bonchev–Trinajstić information content (AvgIpc) is 2.71. The molecule has 2 heterocycles. The van der Waals surface area contributed by atoms with Crippen molar-refractivity contribution in [2.45, 2.75) is 57.5 Å². The van der Waals surface area contributed by atoms with Gasteiger partial charge in [0.15, 0.2) is 5.12 Å². The number of nitrogens with one attached hydrogen (secondary N) is 2. The average molecular weight is 400 g/mol. The second kappa shape index (κ2) is 8.70. The van der Waals surface area contributed by atoms with Crippen molar-refractivity contribution in [3.63, 3.8) is 0 Å². The highest BCUT2D eigenvalue weighted by molar-refractivity contribution is 8.13. The molecule has 5 nitrogen and oxygen atoms in total. The van der Waals surface area contributed by atoms with E-state index in [1.54, 1.807) is 6.92 Å². The summed E-state index contributed by atoms with van der Waals surface area (Å²) < 4.78 is 0. The summed E-state index contributed by atoms with van der Waals surface area (Å²) >= 11 is 1.42. The molecule has 0 atom stereocenters. The molecule has 28 heavy (non-hydrogen) atoms. The molecule has 0 radical (unpaired) electrons. The molecule has 1 aromatic heterocycles. The number of H-pyrrole nitrogens is 1. The normalized spacial score (nSPS) is 21.8. The standard InChI is InChI=1S/C22H29N3O2S/c1-15(26)28-13-3-11-23-17-6-8-18(9-7-17)25-12-10-16-14-24-22(27)19-4-2-5-20(25)21(16)19/h2,4-5,14,17-18,23H,3,6-13H2,1H3,(H,24,27). The maximum Gasteiger partial charge on any atom is 0.255 e. The van der Waals surface area contributed by atoms with E-state index in [4.69, 9.17) is 0 Å². The molecule has 2 aliphatic rings. The van der Waals surface area contributed by atoms with Crippen LogP contribution in [0.1, 0.15) is 44.6 Å². The van der Waals surface area contributed by atoms with Crippen molar-refractivity contribution in [3.05, 3.63) is 40.3 Å². The number of pyridine rings is 1. The third-order valence-electron chi connectivity index (χ3n) is 6.11. The highest BCUT2D eigenvalue weighted by atomic mass is 32.2. The van der Waals surface area contributed by atoms with E-state index in [2.05, 4.69) is 21.3 Å². The Balaban J connectivity index is 1.37. The van der Waals surface area contributed by atoms with Gasteiger partial charge in [-0.15, -0.1) is 0 Å². The number of carbonyl (C=O) groups excluding carboxylic acids is 1. The van der Waals surface area contributed by atoms with Crippen molar-refractivity contribution < 1.29 is 4.79 Å². The number of aromatic nitrogens is 1. The predicted octanol–water partition coefficient (Wildman–Crippen LogP) is 3.46. The van der Waals surface area contributed by atoms with Crippen LogP contribution in [0.3, 0.4) is 0 Å². The number of carbonyl (C=O) groups is 1. The van der Waals surface area contributed by atoms with Crippen molar-refractivity contribution in [2.75, 3.05) is 23.7 Å². The van der Waals surface area contributed by atoms with E-state index < -0.39 is 0 Å². The van der Waals surface area contributed by atoms with Crippen LogP contribution in [0, 0.1) is 0 Å². The van der Waals surface area contributed by atoms with Gasteiger partial charge in [-0.1, -0.05) is 17.8 Å². The number of benzene rings is 1. The smallest absolute Gasteiger partial charge is 0.255 e. The molecule has 1 aliphatic heterocycles. The Morgan fingerprint density at radius 1 is 1.29 bits per heavy atom. The fourth-order valence-corrected chi connectivity index (χ4v) is 5.31. The lowest BCUT2D eigenvalue weighted by Gasteiger charge is -2.41. The fraction of sp³-hybridized carbons (Fsp3) is 0.545. The van der Waals surface area contributed by atoms with Crippen molar-refractivity contribution in [1.82, 2.24) is 10.3 Å². The molecule has 6 heteroatoms. The van der Waals surface area contributed by atoms with E-state index in [1.807, 2.05) is 18.3 Å². The monoisotopic (exact) mass is 399 g/mol. The lowest BCUT2D eigenvalue weighted by Crippen LogP contribution is -2.44. The van der Waals surface area contributed by atoms with Gasteiger partial charge >= 0.3 is 0 Å². The van der Waals surface area contributed by atoms with Gasteiger partial charge in [-0.3, -0.25) is 9.59 Å². The minimum absolute atomic E-state index is 0.0123. The molecular formula is C22H29N3O2S. The zero-order valence-corrected chi connectivity index (χ0v) is 17.3. The summed E-state index contributed by atoms with van der Waals surface area (Å²) in [6.45, 7) is 3.66. The molecule has 0 spiro atoms. The minimum atomic E-state index is 0.0123. The van der Waals surface area contributed by atoms with Crippen LogP contribution in [0.5, 0.6) is 0 Å². The second-order valence-electron chi connectivity index (χ2n) is 7.94. The SMILES string of the molecule is CC(=O)SCCCNC1CCC(N2CCc3c[nH]c(=O)c4cccc2c34)CC1. The van der Waals surface area contributed by atoms with E-state index >= 15 is 0 Å². The van der Waals surface area contributed by atoms with E-state index in [0.717, 1.165) is 42.5 Å². The van der Waals surface area contributed by atoms with Crippen molar-refractivity contribution in [1.29, 1.82) is 0 Å². The molecule has 4 rings (SSSR count). The third-order valence-corrected chi connectivity index (χ3v) is 7.01. The fourth-order valence-electron chi connectivity index (χ4n) is 4.73. The van der Waals surface area contributed by atoms with Crippen molar-refractivity contribution in [3.8, 4) is 0 Å². The van der Waals surface area contributed by atoms with Crippen LogP contribution in [-0.2, 0) is 11.2 Å². The van der Waals surface area contributed by atoms with Gasteiger partial charge in [-0.05, 0) is 62.8 Å². The van der Waals surface area contributed by atoms with Gasteiger partial charge in [-0.25, -0.2) is 0 Å². The molecule has 0 saturated heterocycles. The summed E-state index contributed by atoms with van der Waals surface area (Å²) in [4.78, 5) is 28.6. The Hall–Kier alpha value is -1.79. The van der Waals surface area contributed by atoms with Gasteiger partial charge in [0, 0.05) is 54.0 Å². The lowest BCUT2D eigenvalue weighted by molar-refractivity contribution is -0.109. The summed E-state index contributed by atoms with van der Waals surface area (Å²) in [5, 5.41) is 5.85. The summed E-state index contributed by atoms with van der Waals surface area (Å²) in [5.74, 6) is 0.911. The van der Waals surface area contributed by atoms with Gasteiger partial charge in [0.2, 0.25) is 0 Å². The number of rotatable bonds is 6. The van der Waals surface area contributed by atoms with Crippen LogP contribution in [0.4, 0.5) is 5.69 Å². The number of nitrogens with zero attached hydrogens (tertiary/aromatic N) is 1. The molecule has 1 aromatic carbocycles. The molecule has 1 fully saturated rings. The molecule has 1 aliphatic carbocycles. The van der Waals surface area contributed by atoms with Crippen LogP contribution in [0.2, 0.25) is 0 Å². The van der Waals surface area contributed by atoms with Crippen LogP contribution in [-0.4, -0.2) is 41.0 Å². The number of thioether (sulfide) groups is 1. The summed E-state index contributed by atoms with van der Waals surface area (Å²) in [6.07, 6.45) is 8.71. The van der Waals surface area contributed by atoms with Gasteiger partial charge in [0.1, 0.15) is 0 Å². The zero-order chi connectivity index (χ0) is 19.5. The van der Waals surface area contributed by atoms with Gasteiger partial charge in [0.25, 0.3) is 5.56 Å². The second-order valence-corrected chi connectivity index (χ2v) is 9.21. The molecule has 0 amide bonds. The Morgan fingerprint density at radius 3 is 2.89 bits per heavy atom. The highest BCUT2D eigenvalue weighted by Gasteiger charge is 2.29. The molecular weight excluding hydrogens is 370 g/mol.